The number of nitro groups is 1. The van der Waals surface area contributed by atoms with Crippen LogP contribution in [0.1, 0.15) is 18.5 Å². The third-order valence-electron chi connectivity index (χ3n) is 4.82. The van der Waals surface area contributed by atoms with E-state index in [0.29, 0.717) is 5.75 Å². The standard InChI is InChI=1S/C18H21N3O3/c1-14(15-5-4-6-16(13-15)21(23)24)19-9-11-20(12-10-19)17-7-2-3-8-18(17)22/h2-8,13-14,22H,9-12H2,1H3/p+1/t14-/m1/s1. The summed E-state index contributed by atoms with van der Waals surface area (Å²) in [6.07, 6.45) is 0. The van der Waals surface area contributed by atoms with Gasteiger partial charge in [-0.05, 0) is 19.1 Å². The van der Waals surface area contributed by atoms with Crippen LogP contribution >= 0.6 is 0 Å². The van der Waals surface area contributed by atoms with Crippen LogP contribution in [0.3, 0.4) is 0 Å². The minimum absolute atomic E-state index is 0.145. The number of phenolic OH excluding ortho intramolecular Hbond substituents is 1. The maximum atomic E-state index is 11.0. The summed E-state index contributed by atoms with van der Waals surface area (Å²) in [4.78, 5) is 14.2. The lowest BCUT2D eigenvalue weighted by atomic mass is 10.1. The number of piperazine rings is 1. The van der Waals surface area contributed by atoms with Gasteiger partial charge in [0.15, 0.2) is 0 Å². The number of anilines is 1. The average Bonchev–Trinajstić information content (AvgIpc) is 2.62. The van der Waals surface area contributed by atoms with Crippen molar-refractivity contribution in [2.75, 3.05) is 31.1 Å². The number of phenols is 1. The third kappa shape index (κ3) is 3.33. The molecule has 0 bridgehead atoms. The average molecular weight is 328 g/mol. The molecule has 126 valence electrons. The molecule has 2 aromatic carbocycles. The molecule has 0 radical (unpaired) electrons. The van der Waals surface area contributed by atoms with Gasteiger partial charge in [-0.25, -0.2) is 0 Å². The summed E-state index contributed by atoms with van der Waals surface area (Å²) in [6.45, 7) is 5.68. The smallest absolute Gasteiger partial charge is 0.269 e. The van der Waals surface area contributed by atoms with E-state index in [1.807, 2.05) is 24.3 Å². The predicted octanol–water partition coefficient (Wildman–Crippen LogP) is 1.77. The van der Waals surface area contributed by atoms with Gasteiger partial charge in [-0.1, -0.05) is 24.3 Å². The van der Waals surface area contributed by atoms with Gasteiger partial charge in [-0.2, -0.15) is 0 Å². The number of rotatable bonds is 4. The maximum absolute atomic E-state index is 11.0. The minimum Gasteiger partial charge on any atom is -0.506 e. The van der Waals surface area contributed by atoms with Crippen LogP contribution in [0.25, 0.3) is 0 Å². The van der Waals surface area contributed by atoms with Gasteiger partial charge in [-0.3, -0.25) is 10.1 Å². The number of nitrogens with one attached hydrogen (secondary N) is 1. The van der Waals surface area contributed by atoms with Crippen molar-refractivity contribution in [1.82, 2.24) is 0 Å². The van der Waals surface area contributed by atoms with E-state index in [0.717, 1.165) is 37.4 Å². The van der Waals surface area contributed by atoms with Gasteiger partial charge in [0.1, 0.15) is 11.8 Å². The van der Waals surface area contributed by atoms with Crippen LogP contribution in [0.5, 0.6) is 5.75 Å². The zero-order valence-electron chi connectivity index (χ0n) is 13.7. The first-order valence-electron chi connectivity index (χ1n) is 8.18. The van der Waals surface area contributed by atoms with E-state index in [1.54, 1.807) is 18.2 Å². The van der Waals surface area contributed by atoms with Gasteiger partial charge in [0.05, 0.1) is 36.8 Å². The van der Waals surface area contributed by atoms with Gasteiger partial charge >= 0.3 is 0 Å². The molecule has 0 aromatic heterocycles. The van der Waals surface area contributed by atoms with E-state index in [9.17, 15) is 15.2 Å². The molecule has 0 unspecified atom stereocenters. The van der Waals surface area contributed by atoms with E-state index in [1.165, 1.54) is 11.0 Å². The summed E-state index contributed by atoms with van der Waals surface area (Å²) < 4.78 is 0. The number of hydrogen-bond donors (Lipinski definition) is 2. The maximum Gasteiger partial charge on any atom is 0.269 e. The molecular formula is C18H22N3O3+. The molecule has 1 atom stereocenters. The molecule has 24 heavy (non-hydrogen) atoms. The van der Waals surface area contributed by atoms with Crippen LogP contribution in [0.2, 0.25) is 0 Å². The van der Waals surface area contributed by atoms with Gasteiger partial charge in [0.25, 0.3) is 5.69 Å². The fraction of sp³-hybridized carbons (Fsp3) is 0.333. The van der Waals surface area contributed by atoms with Crippen LogP contribution < -0.4 is 9.80 Å². The Kier molecular flexibility index (Phi) is 4.66. The topological polar surface area (TPSA) is 71.0 Å². The van der Waals surface area contributed by atoms with Crippen LogP contribution in [-0.4, -0.2) is 36.2 Å². The molecule has 1 fully saturated rings. The number of aromatic hydroxyl groups is 1. The summed E-state index contributed by atoms with van der Waals surface area (Å²) >= 11 is 0. The van der Waals surface area contributed by atoms with Crippen molar-refractivity contribution in [2.45, 2.75) is 13.0 Å². The SMILES string of the molecule is C[C@H](c1cccc([N+](=O)[O-])c1)[NH+]1CCN(c2ccccc2O)CC1. The van der Waals surface area contributed by atoms with Gasteiger partial charge in [0, 0.05) is 17.7 Å². The van der Waals surface area contributed by atoms with E-state index >= 15 is 0 Å². The van der Waals surface area contributed by atoms with E-state index in [4.69, 9.17) is 0 Å². The van der Waals surface area contributed by atoms with Crippen molar-refractivity contribution in [2.24, 2.45) is 0 Å². The number of para-hydroxylation sites is 2. The molecule has 0 amide bonds. The Bertz CT molecular complexity index is 727. The summed E-state index contributed by atoms with van der Waals surface area (Å²) in [5.74, 6) is 0.313. The van der Waals surface area contributed by atoms with Gasteiger partial charge in [0.2, 0.25) is 0 Å². The lowest BCUT2D eigenvalue weighted by Gasteiger charge is -2.36. The molecule has 1 saturated heterocycles. The predicted molar refractivity (Wildman–Crippen MR) is 92.5 cm³/mol. The van der Waals surface area contributed by atoms with Crippen molar-refractivity contribution in [3.05, 3.63) is 64.2 Å². The number of quaternary nitrogens is 1. The van der Waals surface area contributed by atoms with Crippen molar-refractivity contribution in [1.29, 1.82) is 0 Å². The van der Waals surface area contributed by atoms with Crippen molar-refractivity contribution < 1.29 is 14.9 Å². The highest BCUT2D eigenvalue weighted by Crippen LogP contribution is 2.26. The van der Waals surface area contributed by atoms with Crippen LogP contribution in [-0.2, 0) is 0 Å². The molecular weight excluding hydrogens is 306 g/mol. The van der Waals surface area contributed by atoms with E-state index < -0.39 is 0 Å². The quantitative estimate of drug-likeness (QED) is 0.663. The number of benzene rings is 2. The zero-order chi connectivity index (χ0) is 17.1. The monoisotopic (exact) mass is 328 g/mol. The highest BCUT2D eigenvalue weighted by molar-refractivity contribution is 5.57. The van der Waals surface area contributed by atoms with Gasteiger partial charge in [-0.15, -0.1) is 0 Å². The lowest BCUT2D eigenvalue weighted by molar-refractivity contribution is -0.930. The normalized spacial score (nSPS) is 16.8. The first-order chi connectivity index (χ1) is 11.6. The number of non-ortho nitro benzene ring substituents is 1. The Labute approximate surface area is 141 Å². The van der Waals surface area contributed by atoms with Crippen molar-refractivity contribution >= 4 is 11.4 Å². The third-order valence-corrected chi connectivity index (χ3v) is 4.82. The molecule has 2 N–H and O–H groups in total. The largest absolute Gasteiger partial charge is 0.506 e. The molecule has 6 nitrogen and oxygen atoms in total. The zero-order valence-corrected chi connectivity index (χ0v) is 13.7. The second-order valence-electron chi connectivity index (χ2n) is 6.21. The summed E-state index contributed by atoms with van der Waals surface area (Å²) in [6, 6.07) is 14.5. The molecule has 6 heteroatoms. The molecule has 0 aliphatic carbocycles. The Morgan fingerprint density at radius 2 is 1.88 bits per heavy atom. The highest BCUT2D eigenvalue weighted by atomic mass is 16.6. The number of hydrogen-bond acceptors (Lipinski definition) is 4. The van der Waals surface area contributed by atoms with E-state index in [2.05, 4.69) is 11.8 Å². The van der Waals surface area contributed by atoms with Crippen molar-refractivity contribution in [3.63, 3.8) is 0 Å². The second-order valence-corrected chi connectivity index (χ2v) is 6.21. The Morgan fingerprint density at radius 3 is 2.54 bits per heavy atom. The summed E-state index contributed by atoms with van der Waals surface area (Å²) in [7, 11) is 0. The molecule has 1 aliphatic rings. The Morgan fingerprint density at radius 1 is 1.17 bits per heavy atom. The molecule has 2 aromatic rings. The van der Waals surface area contributed by atoms with E-state index in [-0.39, 0.29) is 16.7 Å². The van der Waals surface area contributed by atoms with Crippen LogP contribution in [0.4, 0.5) is 11.4 Å². The molecule has 0 saturated carbocycles. The van der Waals surface area contributed by atoms with Crippen molar-refractivity contribution in [3.8, 4) is 5.75 Å². The second kappa shape index (κ2) is 6.88. The molecule has 1 heterocycles. The molecule has 3 rings (SSSR count). The summed E-state index contributed by atoms with van der Waals surface area (Å²) in [5.41, 5.74) is 2.02. The Hall–Kier alpha value is -2.60. The highest BCUT2D eigenvalue weighted by Gasteiger charge is 2.27. The van der Waals surface area contributed by atoms with Crippen LogP contribution in [0.15, 0.2) is 48.5 Å². The van der Waals surface area contributed by atoms with Crippen LogP contribution in [0, 0.1) is 10.1 Å². The lowest BCUT2D eigenvalue weighted by Crippen LogP contribution is -3.14. The molecule has 0 spiro atoms. The number of nitrogens with zero attached hydrogens (tertiary/aromatic N) is 2. The minimum atomic E-state index is -0.346. The molecule has 1 aliphatic heterocycles. The fourth-order valence-electron chi connectivity index (χ4n) is 3.34. The number of nitro benzene ring substituents is 1. The fourth-order valence-corrected chi connectivity index (χ4v) is 3.34. The first kappa shape index (κ1) is 16.3. The van der Waals surface area contributed by atoms with Gasteiger partial charge < -0.3 is 14.9 Å². The first-order valence-corrected chi connectivity index (χ1v) is 8.18. The Balaban J connectivity index is 1.67. The summed E-state index contributed by atoms with van der Waals surface area (Å²) in [5, 5.41) is 20.9.